The summed E-state index contributed by atoms with van der Waals surface area (Å²) in [5.74, 6) is -2.49. The molecule has 3 rings (SSSR count). The van der Waals surface area contributed by atoms with Gasteiger partial charge in [0.2, 0.25) is 5.91 Å². The number of hydrogen-bond acceptors (Lipinski definition) is 4. The molecule has 0 aliphatic heterocycles. The molecule has 1 heterocycles. The van der Waals surface area contributed by atoms with E-state index in [0.717, 1.165) is 29.5 Å². The third-order valence-electron chi connectivity index (χ3n) is 3.92. The van der Waals surface area contributed by atoms with Crippen LogP contribution in [0.3, 0.4) is 0 Å². The van der Waals surface area contributed by atoms with Crippen LogP contribution in [0.5, 0.6) is 0 Å². The second-order valence-electron chi connectivity index (χ2n) is 5.42. The molecule has 1 aromatic heterocycles. The Bertz CT molecular complexity index is 779. The minimum absolute atomic E-state index is 0.0795. The Morgan fingerprint density at radius 1 is 1.35 bits per heavy atom. The summed E-state index contributed by atoms with van der Waals surface area (Å²) in [5, 5.41) is 11.4. The zero-order valence-electron chi connectivity index (χ0n) is 12.1. The number of benzene rings is 1. The molecule has 1 amide bonds. The van der Waals surface area contributed by atoms with Gasteiger partial charge in [0.05, 0.1) is 11.3 Å². The fourth-order valence-electron chi connectivity index (χ4n) is 2.67. The van der Waals surface area contributed by atoms with Crippen molar-refractivity contribution >= 4 is 17.6 Å². The average Bonchev–Trinajstić information content (AvgIpc) is 2.56. The van der Waals surface area contributed by atoms with Crippen molar-refractivity contribution in [1.82, 2.24) is 9.97 Å². The summed E-state index contributed by atoms with van der Waals surface area (Å²) in [6, 6.07) is 3.31. The molecule has 0 spiro atoms. The molecule has 2 N–H and O–H groups in total. The molecule has 1 unspecified atom stereocenters. The van der Waals surface area contributed by atoms with Crippen LogP contribution in [0.2, 0.25) is 0 Å². The van der Waals surface area contributed by atoms with Gasteiger partial charge in [0, 0.05) is 17.8 Å². The monoisotopic (exact) mass is 315 g/mol. The Hall–Kier alpha value is -2.83. The number of carbonyl (C=O) groups excluding carboxylic acids is 1. The number of carboxylic acids is 1. The molecule has 1 aliphatic rings. The van der Waals surface area contributed by atoms with Crippen molar-refractivity contribution in [2.45, 2.75) is 19.3 Å². The minimum atomic E-state index is -1.18. The van der Waals surface area contributed by atoms with Crippen molar-refractivity contribution < 1.29 is 19.1 Å². The summed E-state index contributed by atoms with van der Waals surface area (Å²) in [7, 11) is 0. The molecule has 118 valence electrons. The number of rotatable bonds is 3. The molecule has 23 heavy (non-hydrogen) atoms. The number of nitrogens with one attached hydrogen (secondary N) is 1. The zero-order chi connectivity index (χ0) is 16.4. The lowest BCUT2D eigenvalue weighted by atomic mass is 9.86. The Morgan fingerprint density at radius 3 is 2.96 bits per heavy atom. The van der Waals surface area contributed by atoms with Gasteiger partial charge in [0.15, 0.2) is 0 Å². The number of aromatic carboxylic acids is 1. The molecular weight excluding hydrogens is 301 g/mol. The number of carbonyl (C=O) groups is 2. The van der Waals surface area contributed by atoms with Crippen LogP contribution in [0.25, 0.3) is 0 Å². The van der Waals surface area contributed by atoms with Gasteiger partial charge < -0.3 is 10.4 Å². The van der Waals surface area contributed by atoms with Crippen molar-refractivity contribution in [3.63, 3.8) is 0 Å². The molecule has 1 atom stereocenters. The summed E-state index contributed by atoms with van der Waals surface area (Å²) < 4.78 is 13.8. The number of amides is 1. The number of anilines is 1. The lowest BCUT2D eigenvalue weighted by Gasteiger charge is -2.22. The third kappa shape index (κ3) is 3.18. The minimum Gasteiger partial charge on any atom is -0.478 e. The molecule has 1 aromatic carbocycles. The number of halogens is 1. The second-order valence-corrected chi connectivity index (χ2v) is 5.42. The van der Waals surface area contributed by atoms with E-state index in [-0.39, 0.29) is 23.1 Å². The number of hydrogen-bond donors (Lipinski definition) is 2. The normalized spacial score (nSPS) is 16.5. The van der Waals surface area contributed by atoms with Crippen LogP contribution in [0.4, 0.5) is 10.1 Å². The molecule has 0 radical (unpaired) electrons. The summed E-state index contributed by atoms with van der Waals surface area (Å²) in [6.07, 6.45) is 4.92. The van der Waals surface area contributed by atoms with E-state index in [1.165, 1.54) is 6.33 Å². The van der Waals surface area contributed by atoms with Crippen molar-refractivity contribution in [3.8, 4) is 0 Å². The first-order chi connectivity index (χ1) is 11.0. The summed E-state index contributed by atoms with van der Waals surface area (Å²) >= 11 is 0. The van der Waals surface area contributed by atoms with E-state index in [0.29, 0.717) is 19.3 Å². The van der Waals surface area contributed by atoms with Gasteiger partial charge in [-0.25, -0.2) is 19.2 Å². The Morgan fingerprint density at radius 2 is 2.17 bits per heavy atom. The molecule has 1 aliphatic carbocycles. The first kappa shape index (κ1) is 15.1. The van der Waals surface area contributed by atoms with Crippen molar-refractivity contribution in [1.29, 1.82) is 0 Å². The molecule has 0 saturated carbocycles. The molecular formula is C16H14FN3O3. The zero-order valence-corrected chi connectivity index (χ0v) is 12.1. The van der Waals surface area contributed by atoms with Crippen LogP contribution in [-0.2, 0) is 17.6 Å². The third-order valence-corrected chi connectivity index (χ3v) is 3.92. The van der Waals surface area contributed by atoms with Gasteiger partial charge in [-0.3, -0.25) is 4.79 Å². The number of carboxylic acid groups (broad SMARTS) is 1. The highest BCUT2D eigenvalue weighted by molar-refractivity contribution is 5.95. The molecule has 7 heteroatoms. The quantitative estimate of drug-likeness (QED) is 0.904. The maximum atomic E-state index is 13.8. The Kier molecular flexibility index (Phi) is 4.01. The average molecular weight is 315 g/mol. The highest BCUT2D eigenvalue weighted by Crippen LogP contribution is 2.25. The molecule has 0 fully saturated rings. The van der Waals surface area contributed by atoms with E-state index in [1.807, 2.05) is 0 Å². The molecule has 6 nitrogen and oxygen atoms in total. The lowest BCUT2D eigenvalue weighted by molar-refractivity contribution is -0.120. The largest absolute Gasteiger partial charge is 0.478 e. The van der Waals surface area contributed by atoms with Crippen molar-refractivity contribution in [2.75, 3.05) is 5.32 Å². The van der Waals surface area contributed by atoms with Crippen molar-refractivity contribution in [2.24, 2.45) is 5.92 Å². The highest BCUT2D eigenvalue weighted by Gasteiger charge is 2.26. The number of aryl methyl sites for hydroxylation is 1. The van der Waals surface area contributed by atoms with E-state index in [4.69, 9.17) is 5.11 Å². The fraction of sp³-hybridized carbons (Fsp3) is 0.250. The van der Waals surface area contributed by atoms with Crippen LogP contribution in [0.1, 0.15) is 28.0 Å². The first-order valence-corrected chi connectivity index (χ1v) is 7.16. The standard InChI is InChI=1S/C16H14FN3O3/c17-12-3-1-10(16(22)23)6-14(12)20-15(21)9-2-4-13-11(5-9)7-18-8-19-13/h1,3,6-9H,2,4-5H2,(H,20,21)(H,22,23). The van der Waals surface area contributed by atoms with Gasteiger partial charge >= 0.3 is 5.97 Å². The smallest absolute Gasteiger partial charge is 0.335 e. The van der Waals surface area contributed by atoms with Crippen LogP contribution in [-0.4, -0.2) is 27.0 Å². The van der Waals surface area contributed by atoms with Crippen LogP contribution >= 0.6 is 0 Å². The van der Waals surface area contributed by atoms with Gasteiger partial charge in [-0.15, -0.1) is 0 Å². The highest BCUT2D eigenvalue weighted by atomic mass is 19.1. The van der Waals surface area contributed by atoms with E-state index < -0.39 is 11.8 Å². The SMILES string of the molecule is O=C(O)c1ccc(F)c(NC(=O)C2CCc3ncncc3C2)c1. The fourth-order valence-corrected chi connectivity index (χ4v) is 2.67. The molecule has 0 bridgehead atoms. The van der Waals surface area contributed by atoms with E-state index in [1.54, 1.807) is 6.20 Å². The summed E-state index contributed by atoms with van der Waals surface area (Å²) in [4.78, 5) is 31.4. The second kappa shape index (κ2) is 6.12. The van der Waals surface area contributed by atoms with Gasteiger partial charge in [-0.05, 0) is 43.0 Å². The number of fused-ring (bicyclic) bond motifs is 1. The van der Waals surface area contributed by atoms with E-state index in [2.05, 4.69) is 15.3 Å². The molecule has 2 aromatic rings. The van der Waals surface area contributed by atoms with Crippen LogP contribution in [0.15, 0.2) is 30.7 Å². The number of aromatic nitrogens is 2. The van der Waals surface area contributed by atoms with Gasteiger partial charge in [0.25, 0.3) is 0 Å². The lowest BCUT2D eigenvalue weighted by Crippen LogP contribution is -2.29. The van der Waals surface area contributed by atoms with Gasteiger partial charge in [-0.1, -0.05) is 0 Å². The van der Waals surface area contributed by atoms with Crippen molar-refractivity contribution in [3.05, 3.63) is 53.4 Å². The predicted molar refractivity (Wildman–Crippen MR) is 79.5 cm³/mol. The predicted octanol–water partition coefficient (Wildman–Crippen LogP) is 2.06. The summed E-state index contributed by atoms with van der Waals surface area (Å²) in [6.45, 7) is 0. The Labute approximate surface area is 131 Å². The molecule has 0 saturated heterocycles. The van der Waals surface area contributed by atoms with Crippen LogP contribution < -0.4 is 5.32 Å². The van der Waals surface area contributed by atoms with Gasteiger partial charge in [0.1, 0.15) is 12.1 Å². The van der Waals surface area contributed by atoms with E-state index in [9.17, 15) is 14.0 Å². The van der Waals surface area contributed by atoms with Crippen LogP contribution in [0, 0.1) is 11.7 Å². The Balaban J connectivity index is 1.75. The number of nitrogens with zero attached hydrogens (tertiary/aromatic N) is 2. The first-order valence-electron chi connectivity index (χ1n) is 7.16. The van der Waals surface area contributed by atoms with E-state index >= 15 is 0 Å². The van der Waals surface area contributed by atoms with Gasteiger partial charge in [-0.2, -0.15) is 0 Å². The maximum absolute atomic E-state index is 13.8. The maximum Gasteiger partial charge on any atom is 0.335 e. The summed E-state index contributed by atoms with van der Waals surface area (Å²) in [5.41, 5.74) is 1.65. The topological polar surface area (TPSA) is 92.2 Å².